The fraction of sp³-hybridized carbons (Fsp3) is 0.300. The van der Waals surface area contributed by atoms with Gasteiger partial charge in [-0.3, -0.25) is 4.79 Å². The van der Waals surface area contributed by atoms with Crippen LogP contribution >= 0.6 is 15.9 Å². The summed E-state index contributed by atoms with van der Waals surface area (Å²) in [5.74, 6) is -0.857. The third-order valence-electron chi connectivity index (χ3n) is 1.88. The highest BCUT2D eigenvalue weighted by Crippen LogP contribution is 2.17. The smallest absolute Gasteiger partial charge is 0.304 e. The van der Waals surface area contributed by atoms with E-state index in [9.17, 15) is 4.79 Å². The molecule has 14 heavy (non-hydrogen) atoms. The first kappa shape index (κ1) is 11.2. The summed E-state index contributed by atoms with van der Waals surface area (Å²) in [5.41, 5.74) is 6.72. The van der Waals surface area contributed by atoms with E-state index < -0.39 is 5.97 Å². The van der Waals surface area contributed by atoms with Crippen LogP contribution in [0.3, 0.4) is 0 Å². The molecule has 0 saturated carbocycles. The number of hydrogen-bond donors (Lipinski definition) is 2. The standard InChI is InChI=1S/C10H12BrNO2/c11-9-4-2-1-3-7(9)5-8(12)6-10(13)14/h1-4,8H,5-6,12H2,(H,13,14)/t8-/m0/s1. The van der Waals surface area contributed by atoms with Crippen molar-refractivity contribution in [3.05, 3.63) is 34.3 Å². The minimum absolute atomic E-state index is 0.00132. The van der Waals surface area contributed by atoms with Gasteiger partial charge in [0.2, 0.25) is 0 Å². The molecule has 0 heterocycles. The lowest BCUT2D eigenvalue weighted by atomic mass is 10.0. The molecule has 3 N–H and O–H groups in total. The van der Waals surface area contributed by atoms with Crippen molar-refractivity contribution in [3.8, 4) is 0 Å². The second-order valence-corrected chi connectivity index (χ2v) is 4.01. The first-order chi connectivity index (χ1) is 6.59. The number of aliphatic carboxylic acids is 1. The first-order valence-corrected chi connectivity index (χ1v) is 5.09. The monoisotopic (exact) mass is 257 g/mol. The van der Waals surface area contributed by atoms with Gasteiger partial charge in [-0.15, -0.1) is 0 Å². The van der Waals surface area contributed by atoms with Crippen LogP contribution in [-0.4, -0.2) is 17.1 Å². The highest BCUT2D eigenvalue weighted by molar-refractivity contribution is 9.10. The molecule has 4 heteroatoms. The zero-order valence-corrected chi connectivity index (χ0v) is 9.20. The highest BCUT2D eigenvalue weighted by Gasteiger charge is 2.10. The molecule has 0 spiro atoms. The van der Waals surface area contributed by atoms with Gasteiger partial charge in [0, 0.05) is 10.5 Å². The molecule has 3 nitrogen and oxygen atoms in total. The quantitative estimate of drug-likeness (QED) is 0.865. The van der Waals surface area contributed by atoms with E-state index in [4.69, 9.17) is 10.8 Å². The van der Waals surface area contributed by atoms with E-state index in [2.05, 4.69) is 15.9 Å². The molecule has 0 aromatic heterocycles. The Balaban J connectivity index is 2.60. The molecule has 0 fully saturated rings. The lowest BCUT2D eigenvalue weighted by Gasteiger charge is -2.09. The Kier molecular flexibility index (Phi) is 4.10. The third-order valence-corrected chi connectivity index (χ3v) is 2.65. The fourth-order valence-corrected chi connectivity index (χ4v) is 1.69. The Morgan fingerprint density at radius 3 is 2.71 bits per heavy atom. The van der Waals surface area contributed by atoms with Gasteiger partial charge < -0.3 is 10.8 Å². The maximum Gasteiger partial charge on any atom is 0.304 e. The van der Waals surface area contributed by atoms with Crippen molar-refractivity contribution < 1.29 is 9.90 Å². The Morgan fingerprint density at radius 1 is 1.50 bits per heavy atom. The predicted molar refractivity (Wildman–Crippen MR) is 58.1 cm³/mol. The van der Waals surface area contributed by atoms with Crippen molar-refractivity contribution in [3.63, 3.8) is 0 Å². The molecule has 1 rings (SSSR count). The van der Waals surface area contributed by atoms with Gasteiger partial charge in [-0.2, -0.15) is 0 Å². The summed E-state index contributed by atoms with van der Waals surface area (Å²) in [4.78, 5) is 10.4. The van der Waals surface area contributed by atoms with Crippen LogP contribution in [0.15, 0.2) is 28.7 Å². The lowest BCUT2D eigenvalue weighted by molar-refractivity contribution is -0.137. The topological polar surface area (TPSA) is 63.3 Å². The van der Waals surface area contributed by atoms with Crippen LogP contribution in [-0.2, 0) is 11.2 Å². The van der Waals surface area contributed by atoms with E-state index in [1.807, 2.05) is 24.3 Å². The summed E-state index contributed by atoms with van der Waals surface area (Å²) in [6.07, 6.45) is 0.578. The number of carbonyl (C=O) groups is 1. The van der Waals surface area contributed by atoms with Crippen molar-refractivity contribution >= 4 is 21.9 Å². The van der Waals surface area contributed by atoms with E-state index in [1.54, 1.807) is 0 Å². The van der Waals surface area contributed by atoms with E-state index in [0.29, 0.717) is 6.42 Å². The van der Waals surface area contributed by atoms with Gasteiger partial charge in [0.15, 0.2) is 0 Å². The third kappa shape index (κ3) is 3.47. The minimum Gasteiger partial charge on any atom is -0.481 e. The van der Waals surface area contributed by atoms with Crippen LogP contribution in [0.25, 0.3) is 0 Å². The molecular formula is C10H12BrNO2. The molecule has 0 radical (unpaired) electrons. The van der Waals surface area contributed by atoms with E-state index in [0.717, 1.165) is 10.0 Å². The summed E-state index contributed by atoms with van der Waals surface area (Å²) in [6.45, 7) is 0. The van der Waals surface area contributed by atoms with E-state index in [-0.39, 0.29) is 12.5 Å². The maximum atomic E-state index is 10.4. The molecule has 1 atom stereocenters. The zero-order chi connectivity index (χ0) is 10.6. The van der Waals surface area contributed by atoms with Crippen LogP contribution < -0.4 is 5.73 Å². The molecule has 1 aromatic carbocycles. The van der Waals surface area contributed by atoms with E-state index in [1.165, 1.54) is 0 Å². The van der Waals surface area contributed by atoms with Gasteiger partial charge in [0.1, 0.15) is 0 Å². The number of carboxylic acids is 1. The minimum atomic E-state index is -0.857. The summed E-state index contributed by atoms with van der Waals surface area (Å²) in [6, 6.07) is 7.35. The van der Waals surface area contributed by atoms with Gasteiger partial charge in [-0.05, 0) is 18.1 Å². The molecule has 1 aromatic rings. The molecule has 76 valence electrons. The van der Waals surface area contributed by atoms with Crippen LogP contribution in [0, 0.1) is 0 Å². The van der Waals surface area contributed by atoms with Gasteiger partial charge >= 0.3 is 5.97 Å². The average Bonchev–Trinajstić information content (AvgIpc) is 2.07. The van der Waals surface area contributed by atoms with Gasteiger partial charge in [0.25, 0.3) is 0 Å². The zero-order valence-electron chi connectivity index (χ0n) is 7.61. The second kappa shape index (κ2) is 5.12. The molecule has 0 aliphatic heterocycles. The largest absolute Gasteiger partial charge is 0.481 e. The Hall–Kier alpha value is -0.870. The lowest BCUT2D eigenvalue weighted by Crippen LogP contribution is -2.26. The molecule has 0 aliphatic rings. The Bertz CT molecular complexity index is 328. The molecule has 0 aliphatic carbocycles. The molecule has 0 amide bonds. The van der Waals surface area contributed by atoms with Crippen molar-refractivity contribution in [1.29, 1.82) is 0 Å². The fourth-order valence-electron chi connectivity index (χ4n) is 1.24. The Morgan fingerprint density at radius 2 is 2.14 bits per heavy atom. The van der Waals surface area contributed by atoms with Crippen LogP contribution in [0.4, 0.5) is 0 Å². The van der Waals surface area contributed by atoms with Crippen molar-refractivity contribution in [1.82, 2.24) is 0 Å². The predicted octanol–water partition coefficient (Wildman–Crippen LogP) is 1.79. The van der Waals surface area contributed by atoms with Crippen molar-refractivity contribution in [2.75, 3.05) is 0 Å². The molecule has 0 saturated heterocycles. The number of carboxylic acid groups (broad SMARTS) is 1. The number of rotatable bonds is 4. The molecule has 0 unspecified atom stereocenters. The average molecular weight is 258 g/mol. The van der Waals surface area contributed by atoms with Gasteiger partial charge in [-0.1, -0.05) is 34.1 Å². The van der Waals surface area contributed by atoms with Crippen LogP contribution in [0.1, 0.15) is 12.0 Å². The van der Waals surface area contributed by atoms with Gasteiger partial charge in [-0.25, -0.2) is 0 Å². The maximum absolute atomic E-state index is 10.4. The molecular weight excluding hydrogens is 246 g/mol. The Labute approximate surface area is 91.1 Å². The highest BCUT2D eigenvalue weighted by atomic mass is 79.9. The van der Waals surface area contributed by atoms with Crippen LogP contribution in [0.5, 0.6) is 0 Å². The van der Waals surface area contributed by atoms with Crippen molar-refractivity contribution in [2.24, 2.45) is 5.73 Å². The van der Waals surface area contributed by atoms with Gasteiger partial charge in [0.05, 0.1) is 6.42 Å². The summed E-state index contributed by atoms with van der Waals surface area (Å²) in [5, 5.41) is 8.54. The summed E-state index contributed by atoms with van der Waals surface area (Å²) < 4.78 is 0.973. The molecule has 0 bridgehead atoms. The van der Waals surface area contributed by atoms with Crippen molar-refractivity contribution in [2.45, 2.75) is 18.9 Å². The number of halogens is 1. The second-order valence-electron chi connectivity index (χ2n) is 3.15. The van der Waals surface area contributed by atoms with E-state index >= 15 is 0 Å². The van der Waals surface area contributed by atoms with Crippen LogP contribution in [0.2, 0.25) is 0 Å². The summed E-state index contributed by atoms with van der Waals surface area (Å²) >= 11 is 3.39. The normalized spacial score (nSPS) is 12.4. The summed E-state index contributed by atoms with van der Waals surface area (Å²) in [7, 11) is 0. The SMILES string of the molecule is N[C@H](CC(=O)O)Cc1ccccc1Br. The number of benzene rings is 1. The first-order valence-electron chi connectivity index (χ1n) is 4.30. The number of nitrogens with two attached hydrogens (primary N) is 1. The number of hydrogen-bond acceptors (Lipinski definition) is 2.